The molecule has 1 heterocycles. The first kappa shape index (κ1) is 15.3. The van der Waals surface area contributed by atoms with E-state index in [-0.39, 0.29) is 11.9 Å². The molecule has 0 aromatic heterocycles. The third kappa shape index (κ3) is 3.13. The van der Waals surface area contributed by atoms with Gasteiger partial charge in [-0.25, -0.2) is 4.39 Å². The van der Waals surface area contributed by atoms with Gasteiger partial charge in [-0.05, 0) is 70.1 Å². The predicted octanol–water partition coefficient (Wildman–Crippen LogP) is 2.68. The average Bonchev–Trinajstić information content (AvgIpc) is 2.41. The molecule has 112 valence electrons. The molecule has 1 unspecified atom stereocenters. The van der Waals surface area contributed by atoms with Gasteiger partial charge in [0.05, 0.1) is 0 Å². The minimum absolute atomic E-state index is 0.159. The molecule has 1 saturated heterocycles. The fourth-order valence-electron chi connectivity index (χ4n) is 2.93. The summed E-state index contributed by atoms with van der Waals surface area (Å²) in [4.78, 5) is 4.64. The van der Waals surface area contributed by atoms with Crippen molar-refractivity contribution >= 4 is 5.69 Å². The van der Waals surface area contributed by atoms with E-state index in [9.17, 15) is 4.39 Å². The van der Waals surface area contributed by atoms with E-state index < -0.39 is 0 Å². The van der Waals surface area contributed by atoms with E-state index in [0.717, 1.165) is 37.2 Å². The van der Waals surface area contributed by atoms with Crippen LogP contribution in [-0.4, -0.2) is 38.1 Å². The molecular weight excluding hydrogens is 253 g/mol. The van der Waals surface area contributed by atoms with Crippen LogP contribution in [-0.2, 0) is 0 Å². The number of anilines is 1. The molecule has 0 spiro atoms. The van der Waals surface area contributed by atoms with Crippen LogP contribution in [0.5, 0.6) is 0 Å². The lowest BCUT2D eigenvalue weighted by molar-refractivity contribution is 0.252. The summed E-state index contributed by atoms with van der Waals surface area (Å²) in [6.07, 6.45) is 2.28. The highest BCUT2D eigenvalue weighted by molar-refractivity contribution is 5.57. The summed E-state index contributed by atoms with van der Waals surface area (Å²) < 4.78 is 13.8. The average molecular weight is 279 g/mol. The highest BCUT2D eigenvalue weighted by atomic mass is 19.1. The molecule has 1 aliphatic heterocycles. The number of halogens is 1. The molecule has 0 bridgehead atoms. The van der Waals surface area contributed by atoms with E-state index in [1.807, 2.05) is 19.9 Å². The van der Waals surface area contributed by atoms with Gasteiger partial charge >= 0.3 is 0 Å². The first-order valence-corrected chi connectivity index (χ1v) is 7.37. The van der Waals surface area contributed by atoms with Crippen molar-refractivity contribution in [2.45, 2.75) is 38.8 Å². The molecule has 1 atom stereocenters. The van der Waals surface area contributed by atoms with Crippen LogP contribution in [0.3, 0.4) is 0 Å². The SMILES string of the molecule is Cc1cc(N(C)C2CCN(C)CC2)c(C(C)N)cc1F. The highest BCUT2D eigenvalue weighted by Gasteiger charge is 2.23. The topological polar surface area (TPSA) is 32.5 Å². The second-order valence-electron chi connectivity index (χ2n) is 6.09. The van der Waals surface area contributed by atoms with Crippen LogP contribution in [0, 0.1) is 12.7 Å². The number of rotatable bonds is 3. The number of hydrogen-bond donors (Lipinski definition) is 1. The molecule has 0 amide bonds. The van der Waals surface area contributed by atoms with Crippen molar-refractivity contribution in [3.05, 3.63) is 29.1 Å². The van der Waals surface area contributed by atoms with Crippen molar-refractivity contribution in [3.8, 4) is 0 Å². The first-order valence-electron chi connectivity index (χ1n) is 7.37. The van der Waals surface area contributed by atoms with Gasteiger partial charge in [0.2, 0.25) is 0 Å². The number of nitrogens with two attached hydrogens (primary N) is 1. The van der Waals surface area contributed by atoms with Crippen molar-refractivity contribution in [1.29, 1.82) is 0 Å². The molecule has 1 fully saturated rings. The van der Waals surface area contributed by atoms with Gasteiger partial charge in [0.25, 0.3) is 0 Å². The Morgan fingerprint density at radius 2 is 1.95 bits per heavy atom. The van der Waals surface area contributed by atoms with Crippen LogP contribution in [0.25, 0.3) is 0 Å². The van der Waals surface area contributed by atoms with Crippen molar-refractivity contribution in [3.63, 3.8) is 0 Å². The summed E-state index contributed by atoms with van der Waals surface area (Å²) >= 11 is 0. The lowest BCUT2D eigenvalue weighted by atomic mass is 9.98. The van der Waals surface area contributed by atoms with Crippen LogP contribution in [0.1, 0.15) is 36.9 Å². The van der Waals surface area contributed by atoms with E-state index in [2.05, 4.69) is 23.9 Å². The molecule has 1 aliphatic rings. The molecule has 3 nitrogen and oxygen atoms in total. The standard InChI is InChI=1S/C16H26FN3/c1-11-9-16(14(12(2)18)10-15(11)17)20(4)13-5-7-19(3)8-6-13/h9-10,12-13H,5-8,18H2,1-4H3. The Bertz CT molecular complexity index is 465. The summed E-state index contributed by atoms with van der Waals surface area (Å²) in [6.45, 7) is 5.95. The second kappa shape index (κ2) is 6.10. The van der Waals surface area contributed by atoms with E-state index in [4.69, 9.17) is 5.73 Å². The zero-order valence-corrected chi connectivity index (χ0v) is 13.0. The highest BCUT2D eigenvalue weighted by Crippen LogP contribution is 2.30. The van der Waals surface area contributed by atoms with Crippen molar-refractivity contribution in [2.75, 3.05) is 32.1 Å². The van der Waals surface area contributed by atoms with Crippen LogP contribution in [0.2, 0.25) is 0 Å². The number of aryl methyl sites for hydroxylation is 1. The van der Waals surface area contributed by atoms with Crippen molar-refractivity contribution in [1.82, 2.24) is 4.90 Å². The van der Waals surface area contributed by atoms with E-state index >= 15 is 0 Å². The number of likely N-dealkylation sites (tertiary alicyclic amines) is 1. The van der Waals surface area contributed by atoms with E-state index in [1.165, 1.54) is 0 Å². The largest absolute Gasteiger partial charge is 0.371 e. The summed E-state index contributed by atoms with van der Waals surface area (Å²) in [7, 11) is 4.26. The molecule has 20 heavy (non-hydrogen) atoms. The molecule has 2 N–H and O–H groups in total. The van der Waals surface area contributed by atoms with Gasteiger partial charge in [0.1, 0.15) is 5.82 Å². The molecule has 1 aromatic rings. The van der Waals surface area contributed by atoms with Gasteiger partial charge < -0.3 is 15.5 Å². The predicted molar refractivity (Wildman–Crippen MR) is 82.7 cm³/mol. The van der Waals surface area contributed by atoms with Gasteiger partial charge in [0, 0.05) is 24.8 Å². The number of hydrogen-bond acceptors (Lipinski definition) is 3. The Hall–Kier alpha value is -1.13. The smallest absolute Gasteiger partial charge is 0.126 e. The van der Waals surface area contributed by atoms with Crippen molar-refractivity contribution < 1.29 is 4.39 Å². The Labute approximate surface area is 121 Å². The Kier molecular flexibility index (Phi) is 4.66. The minimum Gasteiger partial charge on any atom is -0.371 e. The Balaban J connectivity index is 2.28. The third-order valence-corrected chi connectivity index (χ3v) is 4.41. The number of benzene rings is 1. The first-order chi connectivity index (χ1) is 9.40. The molecule has 1 aromatic carbocycles. The maximum atomic E-state index is 13.8. The summed E-state index contributed by atoms with van der Waals surface area (Å²) in [5.74, 6) is -0.169. The summed E-state index contributed by atoms with van der Waals surface area (Å²) in [6, 6.07) is 3.88. The fraction of sp³-hybridized carbons (Fsp3) is 0.625. The van der Waals surface area contributed by atoms with Gasteiger partial charge in [-0.1, -0.05) is 0 Å². The second-order valence-corrected chi connectivity index (χ2v) is 6.09. The molecule has 0 radical (unpaired) electrons. The van der Waals surface area contributed by atoms with Gasteiger partial charge in [-0.15, -0.1) is 0 Å². The quantitative estimate of drug-likeness (QED) is 0.923. The molecule has 0 saturated carbocycles. The lowest BCUT2D eigenvalue weighted by Crippen LogP contribution is -2.42. The molecule has 2 rings (SSSR count). The van der Waals surface area contributed by atoms with Crippen LogP contribution < -0.4 is 10.6 Å². The maximum absolute atomic E-state index is 13.8. The van der Waals surface area contributed by atoms with Crippen molar-refractivity contribution in [2.24, 2.45) is 5.73 Å². The zero-order valence-electron chi connectivity index (χ0n) is 13.0. The minimum atomic E-state index is -0.169. The van der Waals surface area contributed by atoms with Gasteiger partial charge in [0.15, 0.2) is 0 Å². The van der Waals surface area contributed by atoms with Gasteiger partial charge in [-0.3, -0.25) is 0 Å². The fourth-order valence-corrected chi connectivity index (χ4v) is 2.93. The number of piperidine rings is 1. The third-order valence-electron chi connectivity index (χ3n) is 4.41. The Morgan fingerprint density at radius 3 is 2.50 bits per heavy atom. The molecular formula is C16H26FN3. The lowest BCUT2D eigenvalue weighted by Gasteiger charge is -2.37. The summed E-state index contributed by atoms with van der Waals surface area (Å²) in [5, 5.41) is 0. The molecule has 4 heteroatoms. The van der Waals surface area contributed by atoms with E-state index in [0.29, 0.717) is 11.6 Å². The normalized spacial score (nSPS) is 19.1. The van der Waals surface area contributed by atoms with Crippen LogP contribution >= 0.6 is 0 Å². The van der Waals surface area contributed by atoms with E-state index in [1.54, 1.807) is 6.07 Å². The zero-order chi connectivity index (χ0) is 14.9. The molecule has 0 aliphatic carbocycles. The van der Waals surface area contributed by atoms with Crippen LogP contribution in [0.15, 0.2) is 12.1 Å². The van der Waals surface area contributed by atoms with Gasteiger partial charge in [-0.2, -0.15) is 0 Å². The maximum Gasteiger partial charge on any atom is 0.126 e. The monoisotopic (exact) mass is 279 g/mol. The Morgan fingerprint density at radius 1 is 1.35 bits per heavy atom. The van der Waals surface area contributed by atoms with Crippen LogP contribution in [0.4, 0.5) is 10.1 Å². The number of nitrogens with zero attached hydrogens (tertiary/aromatic N) is 2. The summed E-state index contributed by atoms with van der Waals surface area (Å²) in [5.41, 5.74) is 8.68.